The van der Waals surface area contributed by atoms with Crippen molar-refractivity contribution in [2.75, 3.05) is 44.4 Å². The van der Waals surface area contributed by atoms with Crippen LogP contribution in [0.1, 0.15) is 44.6 Å². The van der Waals surface area contributed by atoms with Crippen LogP contribution in [0.2, 0.25) is 0 Å². The summed E-state index contributed by atoms with van der Waals surface area (Å²) in [6.45, 7) is 2.53. The maximum Gasteiger partial charge on any atom is 0.416 e. The third-order valence-electron chi connectivity index (χ3n) is 7.83. The fourth-order valence-corrected chi connectivity index (χ4v) is 5.57. The van der Waals surface area contributed by atoms with E-state index in [4.69, 9.17) is 9.47 Å². The third-order valence-corrected chi connectivity index (χ3v) is 7.83. The van der Waals surface area contributed by atoms with Gasteiger partial charge in [0.2, 0.25) is 0 Å². The first-order valence-electron chi connectivity index (χ1n) is 12.7. The number of aromatic nitrogens is 3. The topological polar surface area (TPSA) is 72.7 Å². The highest BCUT2D eigenvalue weighted by molar-refractivity contribution is 6.10. The van der Waals surface area contributed by atoms with E-state index in [2.05, 4.69) is 10.2 Å². The highest BCUT2D eigenvalue weighted by atomic mass is 19.4. The van der Waals surface area contributed by atoms with E-state index < -0.39 is 29.2 Å². The molecule has 1 atom stereocenters. The van der Waals surface area contributed by atoms with Gasteiger partial charge in [-0.2, -0.15) is 13.2 Å². The van der Waals surface area contributed by atoms with Crippen molar-refractivity contribution in [1.82, 2.24) is 19.7 Å². The van der Waals surface area contributed by atoms with Gasteiger partial charge in [0.1, 0.15) is 6.33 Å². The molecule has 8 nitrogen and oxygen atoms in total. The molecule has 0 aliphatic carbocycles. The van der Waals surface area contributed by atoms with Crippen LogP contribution >= 0.6 is 0 Å². The first kappa shape index (κ1) is 25.9. The van der Waals surface area contributed by atoms with E-state index in [1.807, 2.05) is 4.90 Å². The Labute approximate surface area is 222 Å². The summed E-state index contributed by atoms with van der Waals surface area (Å²) >= 11 is 0. The third kappa shape index (κ3) is 4.50. The molecule has 206 valence electrons. The summed E-state index contributed by atoms with van der Waals surface area (Å²) in [5, 5.41) is 7.68. The fourth-order valence-electron chi connectivity index (χ4n) is 5.57. The maximum atomic E-state index is 15.8. The number of halogens is 4. The van der Waals surface area contributed by atoms with Crippen LogP contribution in [-0.2, 0) is 41.2 Å². The molecule has 1 aromatic heterocycles. The van der Waals surface area contributed by atoms with Crippen LogP contribution in [0, 0.1) is 0 Å². The van der Waals surface area contributed by atoms with Gasteiger partial charge in [0, 0.05) is 37.9 Å². The number of morpholine rings is 1. The zero-order valence-corrected chi connectivity index (χ0v) is 21.2. The number of hydrogen-bond donors (Lipinski definition) is 0. The summed E-state index contributed by atoms with van der Waals surface area (Å²) in [5.41, 5.74) is -0.445. The molecule has 1 amide bonds. The van der Waals surface area contributed by atoms with Gasteiger partial charge in [-0.25, -0.2) is 4.39 Å². The van der Waals surface area contributed by atoms with E-state index in [0.29, 0.717) is 49.7 Å². The number of rotatable bonds is 6. The quantitative estimate of drug-likeness (QED) is 0.439. The molecule has 0 N–H and O–H groups in total. The zero-order valence-electron chi connectivity index (χ0n) is 21.2. The Morgan fingerprint density at radius 2 is 1.87 bits per heavy atom. The molecule has 3 aliphatic heterocycles. The average molecular weight is 546 g/mol. The van der Waals surface area contributed by atoms with Crippen molar-refractivity contribution in [3.8, 4) is 0 Å². The summed E-state index contributed by atoms with van der Waals surface area (Å²) < 4.78 is 70.5. The lowest BCUT2D eigenvalue weighted by molar-refractivity contribution is -0.138. The Balaban J connectivity index is 1.33. The smallest absolute Gasteiger partial charge is 0.379 e. The van der Waals surface area contributed by atoms with E-state index in [-0.39, 0.29) is 36.7 Å². The largest absolute Gasteiger partial charge is 0.416 e. The summed E-state index contributed by atoms with van der Waals surface area (Å²) in [6.07, 6.45) is -4.73. The number of alkyl halides is 4. The van der Waals surface area contributed by atoms with Crippen molar-refractivity contribution in [2.24, 2.45) is 7.05 Å². The SMILES string of the molecule is Cn1cnnc1[C@H](F)C1(c2cccc(N3Cc4c(cc(CN5CCOCC5)cc4C(F)(F)F)C3=O)c2)COC1. The number of nitrogens with zero attached hydrogens (tertiary/aromatic N) is 5. The minimum Gasteiger partial charge on any atom is -0.379 e. The van der Waals surface area contributed by atoms with E-state index in [1.54, 1.807) is 37.4 Å². The van der Waals surface area contributed by atoms with Gasteiger partial charge >= 0.3 is 6.18 Å². The average Bonchev–Trinajstić information content (AvgIpc) is 3.46. The maximum absolute atomic E-state index is 15.8. The Morgan fingerprint density at radius 3 is 2.51 bits per heavy atom. The van der Waals surface area contributed by atoms with Crippen LogP contribution in [0.15, 0.2) is 42.7 Å². The van der Waals surface area contributed by atoms with E-state index in [1.165, 1.54) is 15.8 Å². The van der Waals surface area contributed by atoms with Gasteiger partial charge in [-0.3, -0.25) is 9.69 Å². The number of hydrogen-bond acceptors (Lipinski definition) is 6. The first-order valence-corrected chi connectivity index (χ1v) is 12.7. The fraction of sp³-hybridized carbons (Fsp3) is 0.444. The monoisotopic (exact) mass is 545 g/mol. The molecule has 0 bridgehead atoms. The van der Waals surface area contributed by atoms with Crippen molar-refractivity contribution >= 4 is 11.6 Å². The summed E-state index contributed by atoms with van der Waals surface area (Å²) in [6, 6.07) is 9.45. The predicted octanol–water partition coefficient (Wildman–Crippen LogP) is 3.81. The van der Waals surface area contributed by atoms with Crippen molar-refractivity contribution in [3.05, 3.63) is 76.4 Å². The molecular weight excluding hydrogens is 518 g/mol. The summed E-state index contributed by atoms with van der Waals surface area (Å²) in [7, 11) is 1.65. The Bertz CT molecular complexity index is 1400. The van der Waals surface area contributed by atoms with Gasteiger partial charge in [-0.1, -0.05) is 12.1 Å². The molecule has 6 rings (SSSR count). The van der Waals surface area contributed by atoms with Crippen LogP contribution in [0.25, 0.3) is 0 Å². The van der Waals surface area contributed by atoms with E-state index in [0.717, 1.165) is 6.07 Å². The van der Waals surface area contributed by atoms with Gasteiger partial charge in [-0.05, 0) is 41.0 Å². The molecule has 4 heterocycles. The molecule has 0 radical (unpaired) electrons. The molecule has 2 aromatic carbocycles. The minimum absolute atomic E-state index is 0.0441. The second-order valence-electron chi connectivity index (χ2n) is 10.3. The van der Waals surface area contributed by atoms with Gasteiger partial charge in [0.05, 0.1) is 44.0 Å². The molecule has 3 aliphatic rings. The van der Waals surface area contributed by atoms with Crippen LogP contribution in [0.3, 0.4) is 0 Å². The number of ether oxygens (including phenoxy) is 2. The molecule has 39 heavy (non-hydrogen) atoms. The van der Waals surface area contributed by atoms with Gasteiger partial charge in [0.15, 0.2) is 12.0 Å². The van der Waals surface area contributed by atoms with Crippen molar-refractivity contribution in [2.45, 2.75) is 30.9 Å². The van der Waals surface area contributed by atoms with Crippen LogP contribution < -0.4 is 4.90 Å². The standard InChI is InChI=1S/C27H27F4N5O3/c1-34-16-32-33-24(34)23(28)26(14-39-15-26)18-3-2-4-19(11-18)36-13-21-20(25(36)37)9-17(10-22(21)27(29,30)31)12-35-5-7-38-8-6-35/h2-4,9-11,16,23H,5-8,12-15H2,1H3/t23-/m0/s1. The Kier molecular flexibility index (Phi) is 6.43. The second-order valence-corrected chi connectivity index (χ2v) is 10.3. The molecule has 0 unspecified atom stereocenters. The molecule has 0 saturated carbocycles. The lowest BCUT2D eigenvalue weighted by atomic mass is 9.74. The van der Waals surface area contributed by atoms with E-state index in [9.17, 15) is 18.0 Å². The van der Waals surface area contributed by atoms with Crippen molar-refractivity contribution < 1.29 is 31.8 Å². The van der Waals surface area contributed by atoms with Crippen molar-refractivity contribution in [1.29, 1.82) is 0 Å². The molecule has 2 fully saturated rings. The number of benzene rings is 2. The number of carbonyl (C=O) groups is 1. The number of fused-ring (bicyclic) bond motifs is 1. The second kappa shape index (κ2) is 9.68. The van der Waals surface area contributed by atoms with E-state index >= 15 is 4.39 Å². The van der Waals surface area contributed by atoms with Crippen LogP contribution in [0.5, 0.6) is 0 Å². The zero-order chi connectivity index (χ0) is 27.4. The highest BCUT2D eigenvalue weighted by Crippen LogP contribution is 2.46. The number of aryl methyl sites for hydroxylation is 1. The lowest BCUT2D eigenvalue weighted by Gasteiger charge is -2.43. The van der Waals surface area contributed by atoms with Crippen LogP contribution in [0.4, 0.5) is 23.2 Å². The predicted molar refractivity (Wildman–Crippen MR) is 132 cm³/mol. The molecule has 12 heteroatoms. The lowest BCUT2D eigenvalue weighted by Crippen LogP contribution is -2.50. The highest BCUT2D eigenvalue weighted by Gasteiger charge is 2.51. The summed E-state index contributed by atoms with van der Waals surface area (Å²) in [4.78, 5) is 16.9. The molecule has 0 spiro atoms. The van der Waals surface area contributed by atoms with Crippen molar-refractivity contribution in [3.63, 3.8) is 0 Å². The molecule has 2 saturated heterocycles. The molecule has 3 aromatic rings. The number of anilines is 1. The minimum atomic E-state index is -4.62. The first-order chi connectivity index (χ1) is 18.7. The Hall–Kier alpha value is -3.35. The van der Waals surface area contributed by atoms with Gasteiger partial charge in [-0.15, -0.1) is 10.2 Å². The van der Waals surface area contributed by atoms with Gasteiger partial charge < -0.3 is 18.9 Å². The summed E-state index contributed by atoms with van der Waals surface area (Å²) in [5.74, 6) is -0.364. The van der Waals surface area contributed by atoms with Crippen LogP contribution in [-0.4, -0.2) is 65.1 Å². The van der Waals surface area contributed by atoms with Gasteiger partial charge in [0.25, 0.3) is 5.91 Å². The normalized spacial score (nSPS) is 20.1. The Morgan fingerprint density at radius 1 is 1.10 bits per heavy atom. The number of carbonyl (C=O) groups excluding carboxylic acids is 1. The number of amides is 1. The molecular formula is C27H27F4N5O3.